The second kappa shape index (κ2) is 5.07. The number of thiophene rings is 1. The molecule has 3 nitrogen and oxygen atoms in total. The number of nitrogens with zero attached hydrogens (tertiary/aromatic N) is 1. The Kier molecular flexibility index (Phi) is 3.80. The lowest BCUT2D eigenvalue weighted by Gasteiger charge is -2.36. The van der Waals surface area contributed by atoms with Crippen molar-refractivity contribution in [2.24, 2.45) is 0 Å². The molecular formula is C13H17F2NO2S. The number of carbonyl (C=O) groups is 1. The summed E-state index contributed by atoms with van der Waals surface area (Å²) in [5.74, 6) is 0. The summed E-state index contributed by atoms with van der Waals surface area (Å²) in [6, 6.07) is 0.484. The van der Waals surface area contributed by atoms with Crippen LogP contribution in [0.15, 0.2) is 11.4 Å². The Bertz CT molecular complexity index is 467. The van der Waals surface area contributed by atoms with E-state index in [1.807, 2.05) is 0 Å². The van der Waals surface area contributed by atoms with E-state index in [4.69, 9.17) is 4.74 Å². The van der Waals surface area contributed by atoms with E-state index < -0.39 is 24.2 Å². The molecular weight excluding hydrogens is 272 g/mol. The number of ether oxygens (including phenoxy) is 1. The summed E-state index contributed by atoms with van der Waals surface area (Å²) in [5.41, 5.74) is -0.129. The molecule has 1 aliphatic heterocycles. The molecule has 1 aliphatic rings. The van der Waals surface area contributed by atoms with E-state index in [0.29, 0.717) is 12.0 Å². The molecule has 19 heavy (non-hydrogen) atoms. The summed E-state index contributed by atoms with van der Waals surface area (Å²) >= 11 is 1.46. The Morgan fingerprint density at radius 3 is 2.79 bits per heavy atom. The van der Waals surface area contributed by atoms with Crippen LogP contribution < -0.4 is 0 Å². The van der Waals surface area contributed by atoms with Crippen LogP contribution in [-0.4, -0.2) is 29.6 Å². The number of alkyl halides is 2. The third-order valence-electron chi connectivity index (χ3n) is 2.88. The van der Waals surface area contributed by atoms with Gasteiger partial charge in [0.2, 0.25) is 0 Å². The summed E-state index contributed by atoms with van der Waals surface area (Å²) in [7, 11) is 0. The Hall–Kier alpha value is -1.17. The first-order valence-electron chi connectivity index (χ1n) is 6.13. The Labute approximate surface area is 115 Å². The molecule has 2 rings (SSSR count). The van der Waals surface area contributed by atoms with Gasteiger partial charge in [0.1, 0.15) is 11.6 Å². The first-order valence-corrected chi connectivity index (χ1v) is 7.01. The number of carbonyl (C=O) groups excluding carboxylic acids is 1. The van der Waals surface area contributed by atoms with Crippen molar-refractivity contribution in [3.63, 3.8) is 0 Å². The van der Waals surface area contributed by atoms with Crippen molar-refractivity contribution in [1.29, 1.82) is 0 Å². The van der Waals surface area contributed by atoms with Gasteiger partial charge in [-0.3, -0.25) is 4.90 Å². The smallest absolute Gasteiger partial charge is 0.411 e. The first-order chi connectivity index (χ1) is 8.79. The van der Waals surface area contributed by atoms with Crippen molar-refractivity contribution in [3.8, 4) is 0 Å². The van der Waals surface area contributed by atoms with Gasteiger partial charge in [0.05, 0.1) is 0 Å². The molecule has 0 aliphatic carbocycles. The van der Waals surface area contributed by atoms with Gasteiger partial charge in [-0.25, -0.2) is 13.6 Å². The van der Waals surface area contributed by atoms with E-state index in [-0.39, 0.29) is 6.54 Å². The van der Waals surface area contributed by atoms with Gasteiger partial charge in [-0.05, 0) is 44.2 Å². The van der Waals surface area contributed by atoms with E-state index >= 15 is 0 Å². The predicted molar refractivity (Wildman–Crippen MR) is 69.7 cm³/mol. The van der Waals surface area contributed by atoms with Crippen molar-refractivity contribution in [2.45, 2.75) is 45.3 Å². The van der Waals surface area contributed by atoms with Crippen LogP contribution in [0.2, 0.25) is 0 Å². The van der Waals surface area contributed by atoms with Crippen LogP contribution >= 0.6 is 11.3 Å². The highest BCUT2D eigenvalue weighted by Gasteiger charge is 2.39. The van der Waals surface area contributed by atoms with Crippen molar-refractivity contribution in [3.05, 3.63) is 21.9 Å². The van der Waals surface area contributed by atoms with Gasteiger partial charge < -0.3 is 4.74 Å². The molecule has 0 aromatic carbocycles. The minimum atomic E-state index is -2.61. The molecule has 0 spiro atoms. The number of rotatable bonds is 1. The third-order valence-corrected chi connectivity index (χ3v) is 3.88. The predicted octanol–water partition coefficient (Wildman–Crippen LogP) is 3.85. The standard InChI is InChI=1S/C13H17F2NO2S/c1-13(2,3)18-12(17)16-6-4-9-8(5-7-19-9)10(16)11(14)15/h5,7,10-11H,4,6H2,1-3H3. The molecule has 0 bridgehead atoms. The van der Waals surface area contributed by atoms with Gasteiger partial charge in [-0.15, -0.1) is 11.3 Å². The van der Waals surface area contributed by atoms with Crippen LogP contribution in [0.3, 0.4) is 0 Å². The van der Waals surface area contributed by atoms with Crippen LogP contribution in [0.25, 0.3) is 0 Å². The van der Waals surface area contributed by atoms with E-state index in [2.05, 4.69) is 0 Å². The number of amides is 1. The minimum absolute atomic E-state index is 0.275. The maximum absolute atomic E-state index is 13.3. The van der Waals surface area contributed by atoms with Crippen LogP contribution in [0.4, 0.5) is 13.6 Å². The van der Waals surface area contributed by atoms with Crippen molar-refractivity contribution in [2.75, 3.05) is 6.54 Å². The second-order valence-corrected chi connectivity index (χ2v) is 6.50. The fourth-order valence-corrected chi connectivity index (χ4v) is 3.06. The van der Waals surface area contributed by atoms with Gasteiger partial charge in [-0.1, -0.05) is 0 Å². The van der Waals surface area contributed by atoms with E-state index in [0.717, 1.165) is 9.78 Å². The van der Waals surface area contributed by atoms with Crippen LogP contribution in [-0.2, 0) is 11.2 Å². The molecule has 1 amide bonds. The summed E-state index contributed by atoms with van der Waals surface area (Å²) in [6.45, 7) is 5.45. The molecule has 1 aromatic rings. The monoisotopic (exact) mass is 289 g/mol. The maximum atomic E-state index is 13.3. The van der Waals surface area contributed by atoms with Gasteiger partial charge in [0.15, 0.2) is 0 Å². The van der Waals surface area contributed by atoms with Gasteiger partial charge in [0.25, 0.3) is 6.43 Å². The average molecular weight is 289 g/mol. The van der Waals surface area contributed by atoms with Crippen LogP contribution in [0, 0.1) is 0 Å². The lowest BCUT2D eigenvalue weighted by atomic mass is 10.0. The number of fused-ring (bicyclic) bond motifs is 1. The lowest BCUT2D eigenvalue weighted by Crippen LogP contribution is -2.45. The largest absolute Gasteiger partial charge is 0.444 e. The van der Waals surface area contributed by atoms with Crippen molar-refractivity contribution in [1.82, 2.24) is 4.90 Å². The Morgan fingerprint density at radius 2 is 2.21 bits per heavy atom. The molecule has 1 aromatic heterocycles. The quantitative estimate of drug-likeness (QED) is 0.786. The fraction of sp³-hybridized carbons (Fsp3) is 0.615. The zero-order valence-electron chi connectivity index (χ0n) is 11.2. The van der Waals surface area contributed by atoms with Crippen molar-refractivity contribution < 1.29 is 18.3 Å². The second-order valence-electron chi connectivity index (χ2n) is 5.50. The highest BCUT2D eigenvalue weighted by atomic mass is 32.1. The normalized spacial score (nSPS) is 19.5. The molecule has 0 saturated heterocycles. The summed E-state index contributed by atoms with van der Waals surface area (Å²) in [4.78, 5) is 14.1. The van der Waals surface area contributed by atoms with E-state index in [1.165, 1.54) is 11.3 Å². The SMILES string of the molecule is CC(C)(C)OC(=O)N1CCc2sccc2C1C(F)F. The van der Waals surface area contributed by atoms with Crippen molar-refractivity contribution >= 4 is 17.4 Å². The first kappa shape index (κ1) is 14.2. The molecule has 0 radical (unpaired) electrons. The van der Waals surface area contributed by atoms with E-state index in [1.54, 1.807) is 32.2 Å². The minimum Gasteiger partial charge on any atom is -0.444 e. The molecule has 2 heterocycles. The highest BCUT2D eigenvalue weighted by Crippen LogP contribution is 2.37. The fourth-order valence-electron chi connectivity index (χ4n) is 2.14. The molecule has 106 valence electrons. The van der Waals surface area contributed by atoms with Crippen LogP contribution in [0.1, 0.15) is 37.3 Å². The van der Waals surface area contributed by atoms with Gasteiger partial charge in [-0.2, -0.15) is 0 Å². The molecule has 1 atom stereocenters. The summed E-state index contributed by atoms with van der Waals surface area (Å²) < 4.78 is 31.8. The summed E-state index contributed by atoms with van der Waals surface area (Å²) in [6.07, 6.45) is -2.68. The van der Waals surface area contributed by atoms with Crippen LogP contribution in [0.5, 0.6) is 0 Å². The zero-order chi connectivity index (χ0) is 14.2. The number of hydrogen-bond acceptors (Lipinski definition) is 3. The maximum Gasteiger partial charge on any atom is 0.411 e. The molecule has 0 fully saturated rings. The topological polar surface area (TPSA) is 29.5 Å². The molecule has 0 saturated carbocycles. The summed E-state index contributed by atoms with van der Waals surface area (Å²) in [5, 5.41) is 1.79. The third kappa shape index (κ3) is 3.05. The lowest BCUT2D eigenvalue weighted by molar-refractivity contribution is -0.0185. The van der Waals surface area contributed by atoms with E-state index in [9.17, 15) is 13.6 Å². The number of halogens is 2. The Morgan fingerprint density at radius 1 is 1.53 bits per heavy atom. The van der Waals surface area contributed by atoms with Gasteiger partial charge in [0, 0.05) is 11.4 Å². The van der Waals surface area contributed by atoms with Gasteiger partial charge >= 0.3 is 6.09 Å². The molecule has 1 unspecified atom stereocenters. The zero-order valence-corrected chi connectivity index (χ0v) is 12.0. The molecule has 6 heteroatoms. The Balaban J connectivity index is 2.24. The number of hydrogen-bond donors (Lipinski definition) is 0. The average Bonchev–Trinajstić information content (AvgIpc) is 2.72. The molecule has 0 N–H and O–H groups in total. The highest BCUT2D eigenvalue weighted by molar-refractivity contribution is 7.10.